The van der Waals surface area contributed by atoms with Crippen molar-refractivity contribution in [3.8, 4) is 0 Å². The van der Waals surface area contributed by atoms with Crippen molar-refractivity contribution >= 4 is 23.8 Å². The molecule has 1 fully saturated rings. The summed E-state index contributed by atoms with van der Waals surface area (Å²) in [6.45, 7) is 9.54. The Bertz CT molecular complexity index is 922. The molecule has 10 heteroatoms. The van der Waals surface area contributed by atoms with Gasteiger partial charge in [-0.05, 0) is 45.4 Å². The van der Waals surface area contributed by atoms with E-state index in [0.717, 1.165) is 5.56 Å². The predicted octanol–water partition coefficient (Wildman–Crippen LogP) is 3.56. The number of anilines is 2. The Morgan fingerprint density at radius 3 is 2.22 bits per heavy atom. The first-order chi connectivity index (χ1) is 15.1. The molecule has 0 bridgehead atoms. The number of hydrogen-bond acceptors (Lipinski definition) is 6. The number of hydrogen-bond donors (Lipinski definition) is 2. The number of nitrogens with one attached hydrogen (secondary N) is 2. The van der Waals surface area contributed by atoms with Crippen LogP contribution in [0.1, 0.15) is 39.3 Å². The Morgan fingerprint density at radius 2 is 1.66 bits per heavy atom. The van der Waals surface area contributed by atoms with E-state index in [-0.39, 0.29) is 18.0 Å². The van der Waals surface area contributed by atoms with Crippen LogP contribution in [-0.2, 0) is 4.74 Å². The number of nitrogens with zero attached hydrogens (tertiary/aromatic N) is 4. The fourth-order valence-corrected chi connectivity index (χ4v) is 3.16. The van der Waals surface area contributed by atoms with E-state index in [1.807, 2.05) is 32.6 Å². The lowest BCUT2D eigenvalue weighted by Crippen LogP contribution is -2.50. The van der Waals surface area contributed by atoms with Gasteiger partial charge >= 0.3 is 12.1 Å². The molecule has 9 nitrogen and oxygen atoms in total. The van der Waals surface area contributed by atoms with Crippen molar-refractivity contribution in [3.05, 3.63) is 48.0 Å². The second-order valence-electron chi connectivity index (χ2n) is 8.60. The number of carbonyl (C=O) groups excluding carboxylic acids is 2. The van der Waals surface area contributed by atoms with Crippen molar-refractivity contribution in [1.29, 1.82) is 0 Å². The first kappa shape index (κ1) is 23.2. The SMILES string of the molecule is CC(NC(=O)Nc1cnc(N2CCN(C(=O)OC(C)(C)C)CC2)nc1)c1ccc(F)cc1. The van der Waals surface area contributed by atoms with Crippen LogP contribution in [0.2, 0.25) is 0 Å². The Hall–Kier alpha value is -3.43. The number of amides is 3. The Balaban J connectivity index is 1.48. The Kier molecular flexibility index (Phi) is 7.12. The molecule has 1 unspecified atom stereocenters. The molecule has 1 aromatic heterocycles. The molecule has 3 rings (SSSR count). The molecule has 1 aromatic carbocycles. The minimum Gasteiger partial charge on any atom is -0.444 e. The average Bonchev–Trinajstić information content (AvgIpc) is 2.73. The van der Waals surface area contributed by atoms with E-state index in [9.17, 15) is 14.0 Å². The van der Waals surface area contributed by atoms with Gasteiger partial charge in [-0.2, -0.15) is 0 Å². The van der Waals surface area contributed by atoms with E-state index in [1.54, 1.807) is 17.0 Å². The number of carbonyl (C=O) groups is 2. The van der Waals surface area contributed by atoms with Crippen LogP contribution in [0, 0.1) is 5.82 Å². The van der Waals surface area contributed by atoms with Crippen LogP contribution >= 0.6 is 0 Å². The zero-order valence-electron chi connectivity index (χ0n) is 18.8. The van der Waals surface area contributed by atoms with Gasteiger partial charge in [-0.15, -0.1) is 0 Å². The molecular weight excluding hydrogens is 415 g/mol. The van der Waals surface area contributed by atoms with Crippen LogP contribution in [0.3, 0.4) is 0 Å². The lowest BCUT2D eigenvalue weighted by Gasteiger charge is -2.35. The highest BCUT2D eigenvalue weighted by Crippen LogP contribution is 2.16. The molecule has 1 aliphatic rings. The highest BCUT2D eigenvalue weighted by Gasteiger charge is 2.26. The van der Waals surface area contributed by atoms with Crippen LogP contribution < -0.4 is 15.5 Å². The van der Waals surface area contributed by atoms with Crippen LogP contribution in [0.25, 0.3) is 0 Å². The zero-order valence-corrected chi connectivity index (χ0v) is 18.8. The lowest BCUT2D eigenvalue weighted by atomic mass is 10.1. The zero-order chi connectivity index (χ0) is 23.3. The van der Waals surface area contributed by atoms with E-state index in [4.69, 9.17) is 4.74 Å². The van der Waals surface area contributed by atoms with E-state index in [1.165, 1.54) is 24.5 Å². The van der Waals surface area contributed by atoms with Gasteiger partial charge in [-0.1, -0.05) is 12.1 Å². The normalized spacial score (nSPS) is 15.2. The molecule has 0 aliphatic carbocycles. The van der Waals surface area contributed by atoms with Gasteiger partial charge in [0.05, 0.1) is 24.1 Å². The molecule has 0 radical (unpaired) electrons. The number of aromatic nitrogens is 2. The monoisotopic (exact) mass is 444 g/mol. The Morgan fingerprint density at radius 1 is 1.06 bits per heavy atom. The second kappa shape index (κ2) is 9.80. The minimum atomic E-state index is -0.525. The molecule has 32 heavy (non-hydrogen) atoms. The summed E-state index contributed by atoms with van der Waals surface area (Å²) in [4.78, 5) is 36.7. The number of benzene rings is 1. The van der Waals surface area contributed by atoms with Gasteiger partial charge in [0, 0.05) is 26.2 Å². The summed E-state index contributed by atoms with van der Waals surface area (Å²) in [7, 11) is 0. The molecule has 2 N–H and O–H groups in total. The molecule has 1 saturated heterocycles. The number of urea groups is 1. The maximum Gasteiger partial charge on any atom is 0.410 e. The van der Waals surface area contributed by atoms with Crippen LogP contribution in [-0.4, -0.2) is 58.8 Å². The van der Waals surface area contributed by atoms with Crippen LogP contribution in [0.5, 0.6) is 0 Å². The second-order valence-corrected chi connectivity index (χ2v) is 8.60. The molecular formula is C22H29FN6O3. The predicted molar refractivity (Wildman–Crippen MR) is 119 cm³/mol. The molecule has 0 saturated carbocycles. The largest absolute Gasteiger partial charge is 0.444 e. The van der Waals surface area contributed by atoms with Gasteiger partial charge in [-0.25, -0.2) is 23.9 Å². The highest BCUT2D eigenvalue weighted by atomic mass is 19.1. The molecule has 3 amide bonds. The topological polar surface area (TPSA) is 99.7 Å². The van der Waals surface area contributed by atoms with Gasteiger partial charge in [-0.3, -0.25) is 0 Å². The summed E-state index contributed by atoms with van der Waals surface area (Å²) in [6, 6.07) is 5.25. The van der Waals surface area contributed by atoms with Crippen LogP contribution in [0.4, 0.5) is 25.6 Å². The number of piperazine rings is 1. The van der Waals surface area contributed by atoms with Crippen molar-refractivity contribution in [3.63, 3.8) is 0 Å². The standard InChI is InChI=1S/C22H29FN6O3/c1-15(16-5-7-17(23)8-6-16)26-20(30)27-18-13-24-19(25-14-18)28-9-11-29(12-10-28)21(31)32-22(2,3)4/h5-8,13-15H,9-12H2,1-4H3,(H2,26,27,30). The van der Waals surface area contributed by atoms with E-state index < -0.39 is 11.6 Å². The highest BCUT2D eigenvalue weighted by molar-refractivity contribution is 5.89. The number of halogens is 1. The van der Waals surface area contributed by atoms with E-state index in [0.29, 0.717) is 37.8 Å². The summed E-state index contributed by atoms with van der Waals surface area (Å²) in [5.74, 6) is 0.202. The van der Waals surface area contributed by atoms with Crippen molar-refractivity contribution in [2.45, 2.75) is 39.3 Å². The third kappa shape index (κ3) is 6.53. The molecule has 2 aromatic rings. The summed E-state index contributed by atoms with van der Waals surface area (Å²) >= 11 is 0. The smallest absolute Gasteiger partial charge is 0.410 e. The van der Waals surface area contributed by atoms with Gasteiger partial charge in [0.2, 0.25) is 5.95 Å². The minimum absolute atomic E-state index is 0.294. The molecule has 0 spiro atoms. The van der Waals surface area contributed by atoms with E-state index in [2.05, 4.69) is 20.6 Å². The van der Waals surface area contributed by atoms with Crippen LogP contribution in [0.15, 0.2) is 36.7 Å². The lowest BCUT2D eigenvalue weighted by molar-refractivity contribution is 0.0240. The quantitative estimate of drug-likeness (QED) is 0.748. The Labute approximate surface area is 187 Å². The van der Waals surface area contributed by atoms with Gasteiger partial charge in [0.15, 0.2) is 0 Å². The van der Waals surface area contributed by atoms with Gasteiger partial charge < -0.3 is 25.2 Å². The number of rotatable bonds is 4. The summed E-state index contributed by atoms with van der Waals surface area (Å²) in [5, 5.41) is 5.48. The maximum absolute atomic E-state index is 13.0. The molecule has 2 heterocycles. The van der Waals surface area contributed by atoms with E-state index >= 15 is 0 Å². The molecule has 172 valence electrons. The average molecular weight is 445 g/mol. The van der Waals surface area contributed by atoms with Crippen molar-refractivity contribution in [1.82, 2.24) is 20.2 Å². The first-order valence-electron chi connectivity index (χ1n) is 10.5. The molecule has 1 atom stereocenters. The third-order valence-electron chi connectivity index (χ3n) is 4.83. The van der Waals surface area contributed by atoms with Crippen molar-refractivity contribution in [2.75, 3.05) is 36.4 Å². The summed E-state index contributed by atoms with van der Waals surface area (Å²) in [6.07, 6.45) is 2.74. The molecule has 1 aliphatic heterocycles. The fourth-order valence-electron chi connectivity index (χ4n) is 3.16. The number of ether oxygens (including phenoxy) is 1. The summed E-state index contributed by atoms with van der Waals surface area (Å²) < 4.78 is 18.4. The fraction of sp³-hybridized carbons (Fsp3) is 0.455. The first-order valence-corrected chi connectivity index (χ1v) is 10.5. The maximum atomic E-state index is 13.0. The van der Waals surface area contributed by atoms with Gasteiger partial charge in [0.25, 0.3) is 0 Å². The van der Waals surface area contributed by atoms with Gasteiger partial charge in [0.1, 0.15) is 11.4 Å². The third-order valence-corrected chi connectivity index (χ3v) is 4.83. The van der Waals surface area contributed by atoms with Crippen molar-refractivity contribution < 1.29 is 18.7 Å². The van der Waals surface area contributed by atoms with Crippen molar-refractivity contribution in [2.24, 2.45) is 0 Å². The summed E-state index contributed by atoms with van der Waals surface area (Å²) in [5.41, 5.74) is 0.715.